The Balaban J connectivity index is 2.74. The monoisotopic (exact) mass is 246 g/mol. The molecule has 0 amide bonds. The molecule has 3 nitrogen and oxygen atoms in total. The average Bonchev–Trinajstić information content (AvgIpc) is 2.16. The molecule has 0 aliphatic carbocycles. The van der Waals surface area contributed by atoms with Crippen LogP contribution in [0.15, 0.2) is 22.7 Å². The van der Waals surface area contributed by atoms with Crippen molar-refractivity contribution in [3.05, 3.63) is 28.2 Å². The highest BCUT2D eigenvalue weighted by atomic mass is 79.9. The van der Waals surface area contributed by atoms with Gasteiger partial charge in [0.25, 0.3) is 0 Å². The van der Waals surface area contributed by atoms with Crippen molar-refractivity contribution in [3.63, 3.8) is 0 Å². The number of methoxy groups -OCH3 is 1. The lowest BCUT2D eigenvalue weighted by atomic mass is 10.2. The first-order valence-corrected chi connectivity index (χ1v) is 4.58. The number of aliphatic hydroxyl groups excluding tert-OH is 1. The fourth-order valence-corrected chi connectivity index (χ4v) is 1.26. The zero-order chi connectivity index (χ0) is 9.68. The molecule has 0 aromatic heterocycles. The molecule has 1 N–H and O–H groups in total. The summed E-state index contributed by atoms with van der Waals surface area (Å²) in [4.78, 5) is 0. The summed E-state index contributed by atoms with van der Waals surface area (Å²) in [5, 5.41) is 8.95. The van der Waals surface area contributed by atoms with E-state index in [2.05, 4.69) is 15.9 Å². The molecular formula is C9H11BrO3. The number of aliphatic hydroxyl groups is 1. The number of rotatable bonds is 4. The molecule has 1 rings (SSSR count). The molecule has 0 aliphatic rings. The smallest absolute Gasteiger partial charge is 0.188 e. The normalized spacial score (nSPS) is 10.1. The van der Waals surface area contributed by atoms with Gasteiger partial charge in [-0.2, -0.15) is 0 Å². The van der Waals surface area contributed by atoms with E-state index in [-0.39, 0.29) is 13.4 Å². The highest BCUT2D eigenvalue weighted by Crippen LogP contribution is 2.22. The van der Waals surface area contributed by atoms with E-state index >= 15 is 0 Å². The Morgan fingerprint density at radius 1 is 1.46 bits per heavy atom. The van der Waals surface area contributed by atoms with Crippen LogP contribution in [0.5, 0.6) is 5.75 Å². The van der Waals surface area contributed by atoms with Gasteiger partial charge in [0, 0.05) is 11.6 Å². The van der Waals surface area contributed by atoms with Gasteiger partial charge in [0.15, 0.2) is 6.79 Å². The van der Waals surface area contributed by atoms with E-state index in [1.54, 1.807) is 13.2 Å². The van der Waals surface area contributed by atoms with Crippen molar-refractivity contribution in [2.75, 3.05) is 13.9 Å². The molecule has 4 heteroatoms. The van der Waals surface area contributed by atoms with Crippen molar-refractivity contribution in [2.24, 2.45) is 0 Å². The van der Waals surface area contributed by atoms with Gasteiger partial charge in [0.2, 0.25) is 0 Å². The molecular weight excluding hydrogens is 236 g/mol. The van der Waals surface area contributed by atoms with Gasteiger partial charge in [0.05, 0.1) is 6.61 Å². The molecule has 0 bridgehead atoms. The largest absolute Gasteiger partial charge is 0.468 e. The summed E-state index contributed by atoms with van der Waals surface area (Å²) in [7, 11) is 1.56. The first-order chi connectivity index (χ1) is 6.27. The van der Waals surface area contributed by atoms with E-state index in [0.717, 1.165) is 10.0 Å². The lowest BCUT2D eigenvalue weighted by molar-refractivity contribution is 0.0510. The van der Waals surface area contributed by atoms with Crippen LogP contribution in [-0.2, 0) is 11.3 Å². The molecule has 0 aliphatic heterocycles. The second kappa shape index (κ2) is 5.21. The van der Waals surface area contributed by atoms with Gasteiger partial charge in [-0.05, 0) is 23.8 Å². The molecule has 1 aromatic carbocycles. The van der Waals surface area contributed by atoms with Gasteiger partial charge in [-0.15, -0.1) is 0 Å². The van der Waals surface area contributed by atoms with E-state index in [0.29, 0.717) is 5.75 Å². The maximum atomic E-state index is 8.95. The van der Waals surface area contributed by atoms with Crippen LogP contribution in [0, 0.1) is 0 Å². The number of ether oxygens (including phenoxy) is 2. The minimum Gasteiger partial charge on any atom is -0.468 e. The van der Waals surface area contributed by atoms with E-state index in [4.69, 9.17) is 14.6 Å². The Morgan fingerprint density at radius 2 is 2.23 bits per heavy atom. The Hall–Kier alpha value is -0.580. The van der Waals surface area contributed by atoms with E-state index in [1.807, 2.05) is 12.1 Å². The molecule has 13 heavy (non-hydrogen) atoms. The summed E-state index contributed by atoms with van der Waals surface area (Å²) in [5.41, 5.74) is 0.800. The number of benzene rings is 1. The van der Waals surface area contributed by atoms with E-state index in [1.165, 1.54) is 0 Å². The number of hydrogen-bond acceptors (Lipinski definition) is 3. The molecule has 1 aromatic rings. The average molecular weight is 247 g/mol. The van der Waals surface area contributed by atoms with Crippen molar-refractivity contribution < 1.29 is 14.6 Å². The quantitative estimate of drug-likeness (QED) is 0.826. The van der Waals surface area contributed by atoms with Gasteiger partial charge < -0.3 is 14.6 Å². The lowest BCUT2D eigenvalue weighted by Gasteiger charge is -2.06. The molecule has 0 saturated carbocycles. The molecule has 0 spiro atoms. The summed E-state index contributed by atoms with van der Waals surface area (Å²) in [6.45, 7) is 0.206. The summed E-state index contributed by atoms with van der Waals surface area (Å²) in [5.74, 6) is 0.689. The van der Waals surface area contributed by atoms with Crippen LogP contribution in [0.3, 0.4) is 0 Å². The van der Waals surface area contributed by atoms with Crippen LogP contribution < -0.4 is 4.74 Å². The summed E-state index contributed by atoms with van der Waals surface area (Å²) in [6.07, 6.45) is 0. The zero-order valence-electron chi connectivity index (χ0n) is 7.29. The maximum absolute atomic E-state index is 8.95. The molecule has 0 radical (unpaired) electrons. The Labute approximate surface area is 85.4 Å². The second-order valence-corrected chi connectivity index (χ2v) is 3.32. The standard InChI is InChI=1S/C9H11BrO3/c1-12-6-13-8-2-3-9(10)7(4-8)5-11/h2-4,11H,5-6H2,1H3. The van der Waals surface area contributed by atoms with Gasteiger partial charge >= 0.3 is 0 Å². The Bertz CT molecular complexity index is 276. The predicted molar refractivity (Wildman–Crippen MR) is 52.6 cm³/mol. The molecule has 0 unspecified atom stereocenters. The minimum absolute atomic E-state index is 0.00916. The summed E-state index contributed by atoms with van der Waals surface area (Å²) >= 11 is 3.31. The molecule has 0 atom stereocenters. The van der Waals surface area contributed by atoms with Gasteiger partial charge in [-0.3, -0.25) is 0 Å². The number of hydrogen-bond donors (Lipinski definition) is 1. The van der Waals surface area contributed by atoms with Gasteiger partial charge in [-0.1, -0.05) is 15.9 Å². The maximum Gasteiger partial charge on any atom is 0.188 e. The van der Waals surface area contributed by atoms with Crippen molar-refractivity contribution in [2.45, 2.75) is 6.61 Å². The summed E-state index contributed by atoms with van der Waals surface area (Å²) in [6, 6.07) is 5.40. The third kappa shape index (κ3) is 2.99. The van der Waals surface area contributed by atoms with Crippen molar-refractivity contribution >= 4 is 15.9 Å². The first kappa shape index (κ1) is 10.5. The van der Waals surface area contributed by atoms with Gasteiger partial charge in [0.1, 0.15) is 5.75 Å². The highest BCUT2D eigenvalue weighted by molar-refractivity contribution is 9.10. The van der Waals surface area contributed by atoms with Crippen LogP contribution in [0.1, 0.15) is 5.56 Å². The minimum atomic E-state index is -0.00916. The first-order valence-electron chi connectivity index (χ1n) is 3.79. The lowest BCUT2D eigenvalue weighted by Crippen LogP contribution is -1.99. The third-order valence-electron chi connectivity index (χ3n) is 1.53. The Morgan fingerprint density at radius 3 is 2.85 bits per heavy atom. The van der Waals surface area contributed by atoms with Crippen LogP contribution in [-0.4, -0.2) is 19.0 Å². The van der Waals surface area contributed by atoms with Gasteiger partial charge in [-0.25, -0.2) is 0 Å². The Kier molecular flexibility index (Phi) is 4.21. The fourth-order valence-electron chi connectivity index (χ4n) is 0.889. The second-order valence-electron chi connectivity index (χ2n) is 2.46. The number of halogens is 1. The van der Waals surface area contributed by atoms with Crippen molar-refractivity contribution in [3.8, 4) is 5.75 Å². The topological polar surface area (TPSA) is 38.7 Å². The van der Waals surface area contributed by atoms with Crippen LogP contribution in [0.2, 0.25) is 0 Å². The van der Waals surface area contributed by atoms with Crippen molar-refractivity contribution in [1.29, 1.82) is 0 Å². The zero-order valence-corrected chi connectivity index (χ0v) is 8.87. The molecule has 0 heterocycles. The SMILES string of the molecule is COCOc1ccc(Br)c(CO)c1. The third-order valence-corrected chi connectivity index (χ3v) is 2.30. The molecule has 0 fully saturated rings. The van der Waals surface area contributed by atoms with Crippen LogP contribution >= 0.6 is 15.9 Å². The van der Waals surface area contributed by atoms with Crippen molar-refractivity contribution in [1.82, 2.24) is 0 Å². The molecule has 72 valence electrons. The molecule has 0 saturated heterocycles. The predicted octanol–water partition coefficient (Wildman–Crippen LogP) is 1.92. The van der Waals surface area contributed by atoms with E-state index < -0.39 is 0 Å². The van der Waals surface area contributed by atoms with Crippen LogP contribution in [0.4, 0.5) is 0 Å². The fraction of sp³-hybridized carbons (Fsp3) is 0.333. The summed E-state index contributed by atoms with van der Waals surface area (Å²) < 4.78 is 10.8. The van der Waals surface area contributed by atoms with Crippen LogP contribution in [0.25, 0.3) is 0 Å². The highest BCUT2D eigenvalue weighted by Gasteiger charge is 2.00. The van der Waals surface area contributed by atoms with E-state index in [9.17, 15) is 0 Å².